The molecular formula is C7H12O5. The van der Waals surface area contributed by atoms with E-state index in [0.717, 1.165) is 0 Å². The minimum absolute atomic E-state index is 0.00774. The van der Waals surface area contributed by atoms with Gasteiger partial charge in [-0.3, -0.25) is 0 Å². The summed E-state index contributed by atoms with van der Waals surface area (Å²) < 4.78 is 20.3. The van der Waals surface area contributed by atoms with Crippen LogP contribution in [0.25, 0.3) is 0 Å². The SMILES string of the molecule is OCCOCCOC1OC2OC12. The molecule has 0 aromatic heterocycles. The molecule has 12 heavy (non-hydrogen) atoms. The summed E-state index contributed by atoms with van der Waals surface area (Å²) in [6.45, 7) is 1.38. The molecule has 5 nitrogen and oxygen atoms in total. The molecule has 2 fully saturated rings. The molecule has 3 atom stereocenters. The molecule has 2 aliphatic heterocycles. The van der Waals surface area contributed by atoms with Crippen LogP contribution in [0.15, 0.2) is 0 Å². The second-order valence-corrected chi connectivity index (χ2v) is 2.68. The largest absolute Gasteiger partial charge is 0.394 e. The number of ether oxygens (including phenoxy) is 4. The molecule has 70 valence electrons. The first-order valence-corrected chi connectivity index (χ1v) is 4.03. The maximum absolute atomic E-state index is 8.37. The van der Waals surface area contributed by atoms with Crippen LogP contribution in [0.3, 0.4) is 0 Å². The summed E-state index contributed by atoms with van der Waals surface area (Å²) in [6.07, 6.45) is -0.0103. The first kappa shape index (κ1) is 8.40. The minimum Gasteiger partial charge on any atom is -0.394 e. The first-order chi connectivity index (χ1) is 5.92. The summed E-state index contributed by atoms with van der Waals surface area (Å²) in [5.74, 6) is 0. The van der Waals surface area contributed by atoms with Crippen LogP contribution in [-0.2, 0) is 18.9 Å². The fourth-order valence-electron chi connectivity index (χ4n) is 1.06. The Morgan fingerprint density at radius 2 is 2.08 bits per heavy atom. The van der Waals surface area contributed by atoms with E-state index in [4.69, 9.17) is 24.1 Å². The number of hydrogen-bond donors (Lipinski definition) is 1. The maximum Gasteiger partial charge on any atom is 0.192 e. The highest BCUT2D eigenvalue weighted by atomic mass is 16.9. The van der Waals surface area contributed by atoms with E-state index in [1.165, 1.54) is 0 Å². The minimum atomic E-state index is -0.187. The molecule has 3 unspecified atom stereocenters. The summed E-state index contributed by atoms with van der Waals surface area (Å²) >= 11 is 0. The van der Waals surface area contributed by atoms with Crippen LogP contribution in [0.1, 0.15) is 0 Å². The van der Waals surface area contributed by atoms with Crippen molar-refractivity contribution in [2.24, 2.45) is 0 Å². The third-order valence-electron chi connectivity index (χ3n) is 1.76. The first-order valence-electron chi connectivity index (χ1n) is 4.03. The molecule has 2 aliphatic rings. The molecule has 0 aliphatic carbocycles. The van der Waals surface area contributed by atoms with Crippen molar-refractivity contribution in [1.82, 2.24) is 0 Å². The van der Waals surface area contributed by atoms with Crippen LogP contribution in [0.5, 0.6) is 0 Å². The quantitative estimate of drug-likeness (QED) is 0.419. The summed E-state index contributed by atoms with van der Waals surface area (Å²) in [4.78, 5) is 0. The lowest BCUT2D eigenvalue weighted by Crippen LogP contribution is -2.36. The molecule has 0 aromatic carbocycles. The van der Waals surface area contributed by atoms with E-state index in [1.807, 2.05) is 0 Å². The highest BCUT2D eigenvalue weighted by molar-refractivity contribution is 4.90. The summed E-state index contributed by atoms with van der Waals surface area (Å²) in [5.41, 5.74) is 0. The fourth-order valence-corrected chi connectivity index (χ4v) is 1.06. The molecule has 0 spiro atoms. The molecule has 1 N–H and O–H groups in total. The van der Waals surface area contributed by atoms with Gasteiger partial charge in [-0.05, 0) is 0 Å². The molecule has 2 rings (SSSR count). The maximum atomic E-state index is 8.37. The van der Waals surface area contributed by atoms with Crippen molar-refractivity contribution in [3.05, 3.63) is 0 Å². The second kappa shape index (κ2) is 3.68. The zero-order chi connectivity index (χ0) is 8.39. The van der Waals surface area contributed by atoms with Gasteiger partial charge in [-0.2, -0.15) is 0 Å². The number of hydrogen-bond acceptors (Lipinski definition) is 5. The molecule has 5 heteroatoms. The van der Waals surface area contributed by atoms with Crippen LogP contribution in [0.2, 0.25) is 0 Å². The van der Waals surface area contributed by atoms with E-state index in [-0.39, 0.29) is 25.3 Å². The van der Waals surface area contributed by atoms with Gasteiger partial charge < -0.3 is 24.1 Å². The van der Waals surface area contributed by atoms with Crippen molar-refractivity contribution in [3.63, 3.8) is 0 Å². The van der Waals surface area contributed by atoms with Crippen molar-refractivity contribution in [3.8, 4) is 0 Å². The lowest BCUT2D eigenvalue weighted by atomic mass is 10.3. The predicted octanol–water partition coefficient (Wildman–Crippen LogP) is -0.907. The van der Waals surface area contributed by atoms with Gasteiger partial charge in [-0.25, -0.2) is 0 Å². The third kappa shape index (κ3) is 1.75. The Bertz CT molecular complexity index is 151. The topological polar surface area (TPSA) is 60.5 Å². The summed E-state index contributed by atoms with van der Waals surface area (Å²) in [7, 11) is 0. The van der Waals surface area contributed by atoms with E-state index < -0.39 is 0 Å². The van der Waals surface area contributed by atoms with Crippen LogP contribution >= 0.6 is 0 Å². The number of rotatable bonds is 6. The molecule has 0 bridgehead atoms. The Labute approximate surface area is 70.2 Å². The van der Waals surface area contributed by atoms with Crippen molar-refractivity contribution < 1.29 is 24.1 Å². The standard InChI is InChI=1S/C7H12O5/c8-1-2-9-3-4-10-6-5-7(11-5)12-6/h5-8H,1-4H2. The monoisotopic (exact) mass is 176 g/mol. The average molecular weight is 176 g/mol. The van der Waals surface area contributed by atoms with Gasteiger partial charge in [0.15, 0.2) is 18.7 Å². The van der Waals surface area contributed by atoms with Gasteiger partial charge in [0.1, 0.15) is 0 Å². The average Bonchev–Trinajstić information content (AvgIpc) is 2.69. The normalized spacial score (nSPS) is 37.2. The van der Waals surface area contributed by atoms with Gasteiger partial charge in [-0.15, -0.1) is 0 Å². The molecular weight excluding hydrogens is 164 g/mol. The molecule has 0 amide bonds. The van der Waals surface area contributed by atoms with Gasteiger partial charge in [0, 0.05) is 0 Å². The molecule has 0 radical (unpaired) electrons. The smallest absolute Gasteiger partial charge is 0.192 e. The van der Waals surface area contributed by atoms with Gasteiger partial charge in [-0.1, -0.05) is 0 Å². The molecule has 2 saturated heterocycles. The summed E-state index contributed by atoms with van der Waals surface area (Å²) in [5, 5.41) is 8.37. The van der Waals surface area contributed by atoms with E-state index in [2.05, 4.69) is 0 Å². The Morgan fingerprint density at radius 3 is 2.67 bits per heavy atom. The lowest BCUT2D eigenvalue weighted by molar-refractivity contribution is -0.206. The number of aliphatic hydroxyl groups excluding tert-OH is 1. The van der Waals surface area contributed by atoms with Crippen molar-refractivity contribution in [1.29, 1.82) is 0 Å². The van der Waals surface area contributed by atoms with Crippen molar-refractivity contribution in [2.45, 2.75) is 18.7 Å². The molecule has 0 saturated carbocycles. The Balaban J connectivity index is 1.41. The Morgan fingerprint density at radius 1 is 1.17 bits per heavy atom. The lowest BCUT2D eigenvalue weighted by Gasteiger charge is -2.20. The van der Waals surface area contributed by atoms with Crippen LogP contribution in [0, 0.1) is 0 Å². The zero-order valence-electron chi connectivity index (χ0n) is 6.64. The van der Waals surface area contributed by atoms with E-state index in [9.17, 15) is 0 Å². The predicted molar refractivity (Wildman–Crippen MR) is 37.4 cm³/mol. The van der Waals surface area contributed by atoms with E-state index >= 15 is 0 Å². The highest BCUT2D eigenvalue weighted by Crippen LogP contribution is 2.40. The fraction of sp³-hybridized carbons (Fsp3) is 1.00. The number of epoxide rings is 1. The van der Waals surface area contributed by atoms with Crippen LogP contribution in [0.4, 0.5) is 0 Å². The van der Waals surface area contributed by atoms with Crippen LogP contribution in [-0.4, -0.2) is 50.2 Å². The van der Waals surface area contributed by atoms with Crippen LogP contribution < -0.4 is 0 Å². The highest BCUT2D eigenvalue weighted by Gasteiger charge is 2.59. The van der Waals surface area contributed by atoms with Gasteiger partial charge >= 0.3 is 0 Å². The third-order valence-corrected chi connectivity index (χ3v) is 1.76. The Kier molecular flexibility index (Phi) is 2.57. The van der Waals surface area contributed by atoms with Crippen molar-refractivity contribution >= 4 is 0 Å². The van der Waals surface area contributed by atoms with Gasteiger partial charge in [0.25, 0.3) is 0 Å². The molecule has 2 heterocycles. The number of fused-ring (bicyclic) bond motifs is 1. The number of aliphatic hydroxyl groups is 1. The zero-order valence-corrected chi connectivity index (χ0v) is 6.64. The summed E-state index contributed by atoms with van der Waals surface area (Å²) in [6, 6.07) is 0. The second-order valence-electron chi connectivity index (χ2n) is 2.68. The van der Waals surface area contributed by atoms with Gasteiger partial charge in [0.05, 0.1) is 26.4 Å². The van der Waals surface area contributed by atoms with Gasteiger partial charge in [0.2, 0.25) is 0 Å². The Hall–Kier alpha value is -0.200. The van der Waals surface area contributed by atoms with Crippen molar-refractivity contribution in [2.75, 3.05) is 26.4 Å². The van der Waals surface area contributed by atoms with E-state index in [1.54, 1.807) is 0 Å². The molecule has 0 aromatic rings. The van der Waals surface area contributed by atoms with E-state index in [0.29, 0.717) is 19.8 Å².